The van der Waals surface area contributed by atoms with Crippen LogP contribution in [0.1, 0.15) is 25.3 Å². The van der Waals surface area contributed by atoms with E-state index >= 15 is 0 Å². The zero-order valence-corrected chi connectivity index (χ0v) is 11.3. The maximum atomic E-state index is 13.2. The Morgan fingerprint density at radius 1 is 1.16 bits per heavy atom. The van der Waals surface area contributed by atoms with Crippen molar-refractivity contribution in [3.63, 3.8) is 0 Å². The highest BCUT2D eigenvalue weighted by Gasteiger charge is 2.34. The predicted molar refractivity (Wildman–Crippen MR) is 70.8 cm³/mol. The molecule has 2 fully saturated rings. The summed E-state index contributed by atoms with van der Waals surface area (Å²) in [5.41, 5.74) is 0.732. The van der Waals surface area contributed by atoms with E-state index in [1.165, 1.54) is 31.5 Å². The van der Waals surface area contributed by atoms with Crippen molar-refractivity contribution in [3.8, 4) is 0 Å². The molecule has 1 aromatic carbocycles. The smallest absolute Gasteiger partial charge is 0.126 e. The highest BCUT2D eigenvalue weighted by atomic mass is 19.1. The van der Waals surface area contributed by atoms with Gasteiger partial charge in [-0.25, -0.2) is 8.78 Å². The van der Waals surface area contributed by atoms with E-state index < -0.39 is 11.6 Å². The zero-order valence-electron chi connectivity index (χ0n) is 11.3. The molecule has 3 rings (SSSR count). The second kappa shape index (κ2) is 5.17. The van der Waals surface area contributed by atoms with Crippen LogP contribution in [0, 0.1) is 11.6 Å². The highest BCUT2D eigenvalue weighted by molar-refractivity contribution is 5.18. The normalized spacial score (nSPS) is 28.6. The number of piperazine rings is 1. The van der Waals surface area contributed by atoms with E-state index in [0.29, 0.717) is 18.6 Å². The first-order chi connectivity index (χ1) is 9.11. The summed E-state index contributed by atoms with van der Waals surface area (Å²) in [7, 11) is 0. The van der Waals surface area contributed by atoms with Crippen LogP contribution in [0.5, 0.6) is 0 Å². The SMILES string of the molecule is C[C@H]1CN2CCCC2CN1Cc1cc(F)cc(F)c1. The van der Waals surface area contributed by atoms with Gasteiger partial charge >= 0.3 is 0 Å². The van der Waals surface area contributed by atoms with Crippen molar-refractivity contribution in [3.05, 3.63) is 35.4 Å². The first-order valence-electron chi connectivity index (χ1n) is 7.05. The molecule has 0 N–H and O–H groups in total. The van der Waals surface area contributed by atoms with Crippen molar-refractivity contribution in [1.82, 2.24) is 9.80 Å². The van der Waals surface area contributed by atoms with Crippen LogP contribution in [0.15, 0.2) is 18.2 Å². The van der Waals surface area contributed by atoms with Gasteiger partial charge in [0.05, 0.1) is 0 Å². The van der Waals surface area contributed by atoms with Gasteiger partial charge in [-0.05, 0) is 44.0 Å². The minimum atomic E-state index is -0.484. The van der Waals surface area contributed by atoms with Gasteiger partial charge in [0.15, 0.2) is 0 Å². The van der Waals surface area contributed by atoms with Crippen LogP contribution >= 0.6 is 0 Å². The predicted octanol–water partition coefficient (Wildman–Crippen LogP) is 2.63. The second-order valence-corrected chi connectivity index (χ2v) is 5.85. The molecule has 0 bridgehead atoms. The van der Waals surface area contributed by atoms with E-state index in [2.05, 4.69) is 16.7 Å². The summed E-state index contributed by atoms with van der Waals surface area (Å²) in [5.74, 6) is -0.968. The quantitative estimate of drug-likeness (QED) is 0.812. The molecular formula is C15H20F2N2. The van der Waals surface area contributed by atoms with Crippen LogP contribution in [0.3, 0.4) is 0 Å². The Hall–Kier alpha value is -1.00. The maximum absolute atomic E-state index is 13.2. The van der Waals surface area contributed by atoms with E-state index in [1.807, 2.05) is 0 Å². The largest absolute Gasteiger partial charge is 0.298 e. The third kappa shape index (κ3) is 2.79. The summed E-state index contributed by atoms with van der Waals surface area (Å²) in [6.45, 7) is 6.13. The van der Waals surface area contributed by atoms with Gasteiger partial charge in [-0.1, -0.05) is 0 Å². The molecule has 4 heteroatoms. The number of fused-ring (bicyclic) bond motifs is 1. The molecular weight excluding hydrogens is 246 g/mol. The number of rotatable bonds is 2. The summed E-state index contributed by atoms with van der Waals surface area (Å²) in [6, 6.07) is 4.89. The van der Waals surface area contributed by atoms with Gasteiger partial charge in [0, 0.05) is 37.8 Å². The summed E-state index contributed by atoms with van der Waals surface area (Å²) < 4.78 is 26.5. The van der Waals surface area contributed by atoms with Crippen molar-refractivity contribution in [2.24, 2.45) is 0 Å². The van der Waals surface area contributed by atoms with Crippen molar-refractivity contribution in [1.29, 1.82) is 0 Å². The molecule has 2 aliphatic rings. The summed E-state index contributed by atoms with van der Waals surface area (Å²) >= 11 is 0. The molecule has 1 unspecified atom stereocenters. The molecule has 2 atom stereocenters. The first kappa shape index (κ1) is 13.0. The van der Waals surface area contributed by atoms with E-state index in [1.54, 1.807) is 0 Å². The Morgan fingerprint density at radius 3 is 2.63 bits per heavy atom. The second-order valence-electron chi connectivity index (χ2n) is 5.85. The van der Waals surface area contributed by atoms with E-state index in [0.717, 1.165) is 24.7 Å². The fraction of sp³-hybridized carbons (Fsp3) is 0.600. The fourth-order valence-corrected chi connectivity index (χ4v) is 3.40. The lowest BCUT2D eigenvalue weighted by Crippen LogP contribution is -2.54. The van der Waals surface area contributed by atoms with Crippen molar-refractivity contribution in [2.45, 2.75) is 38.4 Å². The molecule has 2 nitrogen and oxygen atoms in total. The van der Waals surface area contributed by atoms with Crippen LogP contribution in [-0.4, -0.2) is 41.5 Å². The lowest BCUT2D eigenvalue weighted by Gasteiger charge is -2.42. The average Bonchev–Trinajstić information content (AvgIpc) is 2.75. The topological polar surface area (TPSA) is 6.48 Å². The van der Waals surface area contributed by atoms with Crippen LogP contribution in [0.25, 0.3) is 0 Å². The summed E-state index contributed by atoms with van der Waals surface area (Å²) in [5, 5.41) is 0. The molecule has 2 aliphatic heterocycles. The van der Waals surface area contributed by atoms with E-state index in [9.17, 15) is 8.78 Å². The molecule has 104 valence electrons. The van der Waals surface area contributed by atoms with Crippen LogP contribution in [0.2, 0.25) is 0 Å². The monoisotopic (exact) mass is 266 g/mol. The van der Waals surface area contributed by atoms with Crippen LogP contribution in [-0.2, 0) is 6.54 Å². The minimum absolute atomic E-state index is 0.445. The number of hydrogen-bond acceptors (Lipinski definition) is 2. The van der Waals surface area contributed by atoms with Gasteiger partial charge in [0.25, 0.3) is 0 Å². The number of nitrogens with zero attached hydrogens (tertiary/aromatic N) is 2. The van der Waals surface area contributed by atoms with Crippen molar-refractivity contribution >= 4 is 0 Å². The van der Waals surface area contributed by atoms with Crippen LogP contribution in [0.4, 0.5) is 8.78 Å². The lowest BCUT2D eigenvalue weighted by atomic mass is 10.1. The number of halogens is 2. The highest BCUT2D eigenvalue weighted by Crippen LogP contribution is 2.25. The minimum Gasteiger partial charge on any atom is -0.298 e. The standard InChI is InChI=1S/C15H20F2N2/c1-11-8-18-4-2-3-15(18)10-19(11)9-12-5-13(16)7-14(17)6-12/h5-7,11,15H,2-4,8-10H2,1H3/t11-,15?/m0/s1. The Morgan fingerprint density at radius 2 is 1.89 bits per heavy atom. The van der Waals surface area contributed by atoms with Gasteiger partial charge in [0.2, 0.25) is 0 Å². The summed E-state index contributed by atoms with van der Waals surface area (Å²) in [6.07, 6.45) is 2.53. The van der Waals surface area contributed by atoms with Gasteiger partial charge in [-0.15, -0.1) is 0 Å². The van der Waals surface area contributed by atoms with Crippen molar-refractivity contribution in [2.75, 3.05) is 19.6 Å². The van der Waals surface area contributed by atoms with Crippen molar-refractivity contribution < 1.29 is 8.78 Å². The molecule has 0 spiro atoms. The third-order valence-electron chi connectivity index (χ3n) is 4.37. The maximum Gasteiger partial charge on any atom is 0.126 e. The molecule has 0 amide bonds. The Bertz CT molecular complexity index is 443. The van der Waals surface area contributed by atoms with Gasteiger partial charge in [-0.2, -0.15) is 0 Å². The van der Waals surface area contributed by atoms with E-state index in [4.69, 9.17) is 0 Å². The average molecular weight is 266 g/mol. The number of hydrogen-bond donors (Lipinski definition) is 0. The van der Waals surface area contributed by atoms with Gasteiger partial charge in [0.1, 0.15) is 11.6 Å². The van der Waals surface area contributed by atoms with Gasteiger partial charge in [-0.3, -0.25) is 9.80 Å². The molecule has 0 radical (unpaired) electrons. The number of benzene rings is 1. The zero-order chi connectivity index (χ0) is 13.4. The molecule has 0 aliphatic carbocycles. The molecule has 0 aromatic heterocycles. The van der Waals surface area contributed by atoms with Crippen LogP contribution < -0.4 is 0 Å². The Labute approximate surface area is 113 Å². The Balaban J connectivity index is 1.71. The molecule has 2 saturated heterocycles. The Kier molecular flexibility index (Phi) is 3.54. The summed E-state index contributed by atoms with van der Waals surface area (Å²) in [4.78, 5) is 4.90. The third-order valence-corrected chi connectivity index (χ3v) is 4.37. The molecule has 0 saturated carbocycles. The van der Waals surface area contributed by atoms with Gasteiger partial charge < -0.3 is 0 Å². The first-order valence-corrected chi connectivity index (χ1v) is 7.05. The molecule has 2 heterocycles. The molecule has 1 aromatic rings. The van der Waals surface area contributed by atoms with E-state index in [-0.39, 0.29) is 0 Å². The molecule has 19 heavy (non-hydrogen) atoms. The fourth-order valence-electron chi connectivity index (χ4n) is 3.40. The lowest BCUT2D eigenvalue weighted by molar-refractivity contribution is 0.0539.